The van der Waals surface area contributed by atoms with E-state index < -0.39 is 0 Å². The molecule has 4 atom stereocenters. The first-order valence-electron chi connectivity index (χ1n) is 7.65. The number of anilines is 1. The van der Waals surface area contributed by atoms with Gasteiger partial charge in [0.2, 0.25) is 11.8 Å². The number of hydrogen-bond donors (Lipinski definition) is 0. The van der Waals surface area contributed by atoms with Crippen molar-refractivity contribution in [1.82, 2.24) is 0 Å². The second-order valence-electron chi connectivity index (χ2n) is 5.86. The van der Waals surface area contributed by atoms with Crippen molar-refractivity contribution >= 4 is 17.5 Å². The van der Waals surface area contributed by atoms with Crippen LogP contribution in [0.15, 0.2) is 36.4 Å². The molecule has 3 aliphatic rings. The third kappa shape index (κ3) is 1.82. The molecule has 0 saturated carbocycles. The Labute approximate surface area is 128 Å². The molecular weight excluding hydrogens is 282 g/mol. The molecule has 2 bridgehead atoms. The Kier molecular flexibility index (Phi) is 3.04. The van der Waals surface area contributed by atoms with Crippen LogP contribution >= 0.6 is 0 Å². The zero-order valence-corrected chi connectivity index (χ0v) is 12.3. The Bertz CT molecular complexity index is 621. The van der Waals surface area contributed by atoms with Gasteiger partial charge < -0.3 is 9.47 Å². The molecular formula is C17H17NO4. The van der Waals surface area contributed by atoms with Gasteiger partial charge in [-0.15, -0.1) is 0 Å². The predicted molar refractivity (Wildman–Crippen MR) is 79.5 cm³/mol. The van der Waals surface area contributed by atoms with Crippen LogP contribution in [0.5, 0.6) is 5.75 Å². The molecule has 0 N–H and O–H groups in total. The van der Waals surface area contributed by atoms with Crippen molar-refractivity contribution < 1.29 is 19.1 Å². The Morgan fingerprint density at radius 1 is 1.05 bits per heavy atom. The Balaban J connectivity index is 1.58. The minimum atomic E-state index is -0.362. The monoisotopic (exact) mass is 299 g/mol. The third-order valence-electron chi connectivity index (χ3n) is 4.48. The van der Waals surface area contributed by atoms with Crippen LogP contribution in [0.3, 0.4) is 0 Å². The minimum absolute atomic E-state index is 0.158. The quantitative estimate of drug-likeness (QED) is 0.629. The number of hydrogen-bond acceptors (Lipinski definition) is 4. The summed E-state index contributed by atoms with van der Waals surface area (Å²) < 4.78 is 11.2. The summed E-state index contributed by atoms with van der Waals surface area (Å²) >= 11 is 0. The van der Waals surface area contributed by atoms with Crippen molar-refractivity contribution in [3.8, 4) is 5.75 Å². The molecule has 3 aliphatic heterocycles. The molecule has 4 rings (SSSR count). The number of benzene rings is 1. The van der Waals surface area contributed by atoms with Gasteiger partial charge in [-0.2, -0.15) is 0 Å². The van der Waals surface area contributed by atoms with Gasteiger partial charge in [0.15, 0.2) is 0 Å². The second kappa shape index (κ2) is 4.95. The summed E-state index contributed by atoms with van der Waals surface area (Å²) in [5, 5.41) is 0. The lowest BCUT2D eigenvalue weighted by Crippen LogP contribution is -2.34. The molecule has 5 nitrogen and oxygen atoms in total. The SMILES string of the molecule is CCCOc1ccc(N2C(=O)[C@@H]3[C@H](C2=O)[C@H]2C=C[C@H]3O2)cc1. The minimum Gasteiger partial charge on any atom is -0.494 e. The molecule has 22 heavy (non-hydrogen) atoms. The van der Waals surface area contributed by atoms with Crippen LogP contribution in [-0.4, -0.2) is 30.6 Å². The number of ether oxygens (including phenoxy) is 2. The molecule has 0 unspecified atom stereocenters. The van der Waals surface area contributed by atoms with E-state index in [0.717, 1.165) is 12.2 Å². The number of rotatable bonds is 4. The summed E-state index contributed by atoms with van der Waals surface area (Å²) in [4.78, 5) is 26.5. The van der Waals surface area contributed by atoms with Gasteiger partial charge in [0.25, 0.3) is 0 Å². The van der Waals surface area contributed by atoms with E-state index in [1.807, 2.05) is 19.1 Å². The largest absolute Gasteiger partial charge is 0.494 e. The summed E-state index contributed by atoms with van der Waals surface area (Å²) in [6.45, 7) is 2.69. The zero-order valence-electron chi connectivity index (χ0n) is 12.3. The van der Waals surface area contributed by atoms with Gasteiger partial charge in [-0.05, 0) is 30.7 Å². The van der Waals surface area contributed by atoms with Crippen molar-refractivity contribution in [3.63, 3.8) is 0 Å². The number of amides is 2. The molecule has 114 valence electrons. The highest BCUT2D eigenvalue weighted by Gasteiger charge is 2.60. The lowest BCUT2D eigenvalue weighted by atomic mass is 9.85. The highest BCUT2D eigenvalue weighted by Crippen LogP contribution is 2.46. The summed E-state index contributed by atoms with van der Waals surface area (Å²) in [6, 6.07) is 7.11. The first-order chi connectivity index (χ1) is 10.7. The normalized spacial score (nSPS) is 32.0. The summed E-state index contributed by atoms with van der Waals surface area (Å²) in [5.74, 6) is -0.296. The Morgan fingerprint density at radius 3 is 2.18 bits per heavy atom. The molecule has 5 heteroatoms. The molecule has 2 fully saturated rings. The van der Waals surface area contributed by atoms with E-state index in [9.17, 15) is 9.59 Å². The van der Waals surface area contributed by atoms with Gasteiger partial charge in [-0.25, -0.2) is 4.90 Å². The Morgan fingerprint density at radius 2 is 1.64 bits per heavy atom. The smallest absolute Gasteiger partial charge is 0.240 e. The maximum absolute atomic E-state index is 12.6. The highest BCUT2D eigenvalue weighted by molar-refractivity contribution is 6.23. The topological polar surface area (TPSA) is 55.8 Å². The molecule has 2 saturated heterocycles. The number of carbonyl (C=O) groups excluding carboxylic acids is 2. The average molecular weight is 299 g/mol. The van der Waals surface area contributed by atoms with Crippen LogP contribution < -0.4 is 9.64 Å². The second-order valence-corrected chi connectivity index (χ2v) is 5.86. The van der Waals surface area contributed by atoms with Gasteiger partial charge in [0.1, 0.15) is 5.75 Å². The van der Waals surface area contributed by atoms with Crippen LogP contribution in [-0.2, 0) is 14.3 Å². The van der Waals surface area contributed by atoms with Gasteiger partial charge in [0, 0.05) is 0 Å². The van der Waals surface area contributed by atoms with Crippen LogP contribution in [0, 0.1) is 11.8 Å². The fraction of sp³-hybridized carbons (Fsp3) is 0.412. The first-order valence-corrected chi connectivity index (χ1v) is 7.65. The molecule has 0 spiro atoms. The Hall–Kier alpha value is -2.14. The molecule has 3 heterocycles. The number of carbonyl (C=O) groups is 2. The van der Waals surface area contributed by atoms with E-state index in [0.29, 0.717) is 12.3 Å². The van der Waals surface area contributed by atoms with Crippen molar-refractivity contribution in [2.45, 2.75) is 25.6 Å². The highest BCUT2D eigenvalue weighted by atomic mass is 16.5. The lowest BCUT2D eigenvalue weighted by Gasteiger charge is -2.18. The van der Waals surface area contributed by atoms with Crippen molar-refractivity contribution in [2.75, 3.05) is 11.5 Å². The molecule has 1 aromatic carbocycles. The standard InChI is InChI=1S/C17H17NO4/c1-2-9-21-11-5-3-10(4-6-11)18-16(19)14-12-7-8-13(22-12)15(14)17(18)20/h3-8,12-15H,2,9H2,1H3/t12-,13-,14-,15+/m1/s1. The average Bonchev–Trinajstić information content (AvgIpc) is 3.20. The van der Waals surface area contributed by atoms with E-state index in [2.05, 4.69) is 0 Å². The summed E-state index contributed by atoms with van der Waals surface area (Å²) in [5.41, 5.74) is 0.604. The van der Waals surface area contributed by atoms with Gasteiger partial charge in [0.05, 0.1) is 36.3 Å². The number of imide groups is 1. The summed E-state index contributed by atoms with van der Waals surface area (Å²) in [7, 11) is 0. The van der Waals surface area contributed by atoms with E-state index in [4.69, 9.17) is 9.47 Å². The van der Waals surface area contributed by atoms with Gasteiger partial charge in [-0.3, -0.25) is 9.59 Å². The fourth-order valence-electron chi connectivity index (χ4n) is 3.47. The number of nitrogens with zero attached hydrogens (tertiary/aromatic N) is 1. The van der Waals surface area contributed by atoms with Crippen molar-refractivity contribution in [3.05, 3.63) is 36.4 Å². The fourth-order valence-corrected chi connectivity index (χ4v) is 3.47. The van der Waals surface area contributed by atoms with Gasteiger partial charge >= 0.3 is 0 Å². The summed E-state index contributed by atoms with van der Waals surface area (Å²) in [6.07, 6.45) is 4.22. The van der Waals surface area contributed by atoms with Crippen LogP contribution in [0.25, 0.3) is 0 Å². The predicted octanol–water partition coefficient (Wildman–Crippen LogP) is 1.92. The van der Waals surface area contributed by atoms with Crippen LogP contribution in [0.1, 0.15) is 13.3 Å². The molecule has 0 aliphatic carbocycles. The first kappa shape index (κ1) is 13.5. The van der Waals surface area contributed by atoms with E-state index in [-0.39, 0.29) is 35.9 Å². The molecule has 0 aromatic heterocycles. The van der Waals surface area contributed by atoms with E-state index in [1.165, 1.54) is 4.90 Å². The van der Waals surface area contributed by atoms with Crippen LogP contribution in [0.2, 0.25) is 0 Å². The maximum atomic E-state index is 12.6. The number of fused-ring (bicyclic) bond motifs is 5. The lowest BCUT2D eigenvalue weighted by molar-refractivity contribution is -0.124. The molecule has 0 radical (unpaired) electrons. The maximum Gasteiger partial charge on any atom is 0.240 e. The molecule has 2 amide bonds. The van der Waals surface area contributed by atoms with Crippen molar-refractivity contribution in [2.24, 2.45) is 11.8 Å². The van der Waals surface area contributed by atoms with Gasteiger partial charge in [-0.1, -0.05) is 19.1 Å². The zero-order chi connectivity index (χ0) is 15.3. The third-order valence-corrected chi connectivity index (χ3v) is 4.48. The van der Waals surface area contributed by atoms with Crippen LogP contribution in [0.4, 0.5) is 5.69 Å². The molecule has 1 aromatic rings. The van der Waals surface area contributed by atoms with Crippen molar-refractivity contribution in [1.29, 1.82) is 0 Å². The van der Waals surface area contributed by atoms with E-state index in [1.54, 1.807) is 24.3 Å². The van der Waals surface area contributed by atoms with E-state index >= 15 is 0 Å².